The largest absolute Gasteiger partial charge is 0.353 e. The Balaban J connectivity index is 1.30. The maximum absolute atomic E-state index is 13.2. The van der Waals surface area contributed by atoms with Crippen molar-refractivity contribution in [1.29, 1.82) is 0 Å². The summed E-state index contributed by atoms with van der Waals surface area (Å²) < 4.78 is 0. The van der Waals surface area contributed by atoms with Crippen molar-refractivity contribution in [2.75, 3.05) is 57.3 Å². The summed E-state index contributed by atoms with van der Waals surface area (Å²) in [6.07, 6.45) is 5.30. The number of anilines is 1. The lowest BCUT2D eigenvalue weighted by molar-refractivity contribution is -0.133. The summed E-state index contributed by atoms with van der Waals surface area (Å²) in [6, 6.07) is 17.2. The predicted octanol–water partition coefficient (Wildman–Crippen LogP) is 3.11. The van der Waals surface area contributed by atoms with Crippen molar-refractivity contribution < 1.29 is 4.79 Å². The molecule has 0 saturated carbocycles. The van der Waals surface area contributed by atoms with Crippen LogP contribution in [0.1, 0.15) is 31.7 Å². The third kappa shape index (κ3) is 6.08. The van der Waals surface area contributed by atoms with Gasteiger partial charge in [0.25, 0.3) is 0 Å². The number of hydrogen-bond donors (Lipinski definition) is 0. The third-order valence-electron chi connectivity index (χ3n) is 6.70. The molecule has 1 aromatic carbocycles. The van der Waals surface area contributed by atoms with Crippen LogP contribution in [0.5, 0.6) is 0 Å². The van der Waals surface area contributed by atoms with Gasteiger partial charge in [-0.05, 0) is 50.0 Å². The Hall–Kier alpha value is -2.44. The lowest BCUT2D eigenvalue weighted by Gasteiger charge is -2.41. The van der Waals surface area contributed by atoms with E-state index in [1.165, 1.54) is 18.4 Å². The number of amides is 1. The summed E-state index contributed by atoms with van der Waals surface area (Å²) in [7, 11) is 0. The van der Waals surface area contributed by atoms with E-state index in [1.54, 1.807) is 0 Å². The van der Waals surface area contributed by atoms with Gasteiger partial charge < -0.3 is 9.80 Å². The quantitative estimate of drug-likeness (QED) is 0.637. The van der Waals surface area contributed by atoms with E-state index in [0.29, 0.717) is 12.6 Å². The van der Waals surface area contributed by atoms with Crippen LogP contribution in [0, 0.1) is 0 Å². The van der Waals surface area contributed by atoms with Gasteiger partial charge in [-0.1, -0.05) is 43.3 Å². The van der Waals surface area contributed by atoms with Crippen LogP contribution in [-0.2, 0) is 11.3 Å². The van der Waals surface area contributed by atoms with Crippen LogP contribution in [0.15, 0.2) is 54.7 Å². The molecule has 172 valence electrons. The van der Waals surface area contributed by atoms with Crippen LogP contribution in [0.25, 0.3) is 0 Å². The fourth-order valence-corrected chi connectivity index (χ4v) is 4.99. The Morgan fingerprint density at radius 3 is 2.53 bits per heavy atom. The van der Waals surface area contributed by atoms with Crippen molar-refractivity contribution in [2.45, 2.75) is 38.8 Å². The highest BCUT2D eigenvalue weighted by Crippen LogP contribution is 2.19. The number of piperazine rings is 1. The number of hydrogen-bond acceptors (Lipinski definition) is 5. The standard InChI is InChI=1S/C26H37N5O/c1-2-14-31(24-11-8-15-28(21-24)20-23-9-4-3-5-10-23)22-26(32)30-18-16-29(17-19-30)25-12-6-7-13-27-25/h3-7,9-10,12-13,24H,2,8,11,14-22H2,1H3. The van der Waals surface area contributed by atoms with Crippen molar-refractivity contribution in [3.63, 3.8) is 0 Å². The van der Waals surface area contributed by atoms with Gasteiger partial charge in [-0.3, -0.25) is 14.6 Å². The number of pyridine rings is 1. The second-order valence-electron chi connectivity index (χ2n) is 9.04. The fourth-order valence-electron chi connectivity index (χ4n) is 4.99. The maximum atomic E-state index is 13.2. The molecule has 1 amide bonds. The monoisotopic (exact) mass is 435 g/mol. The molecule has 2 aliphatic heterocycles. The van der Waals surface area contributed by atoms with E-state index < -0.39 is 0 Å². The number of benzene rings is 1. The lowest BCUT2D eigenvalue weighted by Crippen LogP contribution is -2.54. The van der Waals surface area contributed by atoms with E-state index in [9.17, 15) is 4.79 Å². The molecule has 4 rings (SSSR count). The first kappa shape index (κ1) is 22.7. The van der Waals surface area contributed by atoms with Crippen LogP contribution < -0.4 is 4.90 Å². The van der Waals surface area contributed by atoms with Crippen LogP contribution in [-0.4, -0.2) is 84.0 Å². The molecule has 6 nitrogen and oxygen atoms in total. The second-order valence-corrected chi connectivity index (χ2v) is 9.04. The highest BCUT2D eigenvalue weighted by Gasteiger charge is 2.29. The summed E-state index contributed by atoms with van der Waals surface area (Å²) >= 11 is 0. The van der Waals surface area contributed by atoms with Crippen molar-refractivity contribution in [1.82, 2.24) is 19.7 Å². The zero-order valence-corrected chi connectivity index (χ0v) is 19.4. The van der Waals surface area contributed by atoms with Gasteiger partial charge in [0.1, 0.15) is 5.82 Å². The van der Waals surface area contributed by atoms with E-state index in [2.05, 4.69) is 56.9 Å². The van der Waals surface area contributed by atoms with Gasteiger partial charge in [-0.2, -0.15) is 0 Å². The van der Waals surface area contributed by atoms with Crippen molar-refractivity contribution in [3.8, 4) is 0 Å². The molecular formula is C26H37N5O. The van der Waals surface area contributed by atoms with Gasteiger partial charge in [0.15, 0.2) is 0 Å². The van der Waals surface area contributed by atoms with E-state index >= 15 is 0 Å². The lowest BCUT2D eigenvalue weighted by atomic mass is 10.0. The minimum absolute atomic E-state index is 0.277. The Kier molecular flexibility index (Phi) is 8.13. The van der Waals surface area contributed by atoms with Gasteiger partial charge in [0, 0.05) is 51.5 Å². The van der Waals surface area contributed by atoms with Crippen molar-refractivity contribution in [3.05, 3.63) is 60.3 Å². The van der Waals surface area contributed by atoms with Crippen molar-refractivity contribution in [2.24, 2.45) is 0 Å². The Morgan fingerprint density at radius 2 is 1.81 bits per heavy atom. The van der Waals surface area contributed by atoms with Gasteiger partial charge in [-0.15, -0.1) is 0 Å². The summed E-state index contributed by atoms with van der Waals surface area (Å²) in [5, 5.41) is 0. The molecule has 2 saturated heterocycles. The van der Waals surface area contributed by atoms with Gasteiger partial charge >= 0.3 is 0 Å². The number of carbonyl (C=O) groups is 1. The first-order chi connectivity index (χ1) is 15.7. The summed E-state index contributed by atoms with van der Waals surface area (Å²) in [5.41, 5.74) is 1.37. The van der Waals surface area contributed by atoms with E-state index in [1.807, 2.05) is 29.3 Å². The zero-order valence-electron chi connectivity index (χ0n) is 19.4. The molecule has 1 aromatic heterocycles. The SMILES string of the molecule is CCCN(CC(=O)N1CCN(c2ccccn2)CC1)C1CCCN(Cc2ccccc2)C1. The average Bonchev–Trinajstić information content (AvgIpc) is 2.85. The maximum Gasteiger partial charge on any atom is 0.236 e. The summed E-state index contributed by atoms with van der Waals surface area (Å²) in [5.74, 6) is 1.28. The number of piperidine rings is 1. The molecule has 0 aliphatic carbocycles. The van der Waals surface area contributed by atoms with Crippen molar-refractivity contribution >= 4 is 11.7 Å². The molecule has 32 heavy (non-hydrogen) atoms. The van der Waals surface area contributed by atoms with Gasteiger partial charge in [0.05, 0.1) is 6.54 Å². The molecule has 0 spiro atoms. The smallest absolute Gasteiger partial charge is 0.236 e. The van der Waals surface area contributed by atoms with E-state index in [4.69, 9.17) is 0 Å². The van der Waals surface area contributed by atoms with Crippen LogP contribution in [0.4, 0.5) is 5.82 Å². The molecule has 0 N–H and O–H groups in total. The first-order valence-corrected chi connectivity index (χ1v) is 12.2. The topological polar surface area (TPSA) is 42.9 Å². The second kappa shape index (κ2) is 11.4. The minimum Gasteiger partial charge on any atom is -0.353 e. The summed E-state index contributed by atoms with van der Waals surface area (Å²) in [4.78, 5) is 27.0. The predicted molar refractivity (Wildman–Crippen MR) is 130 cm³/mol. The fraction of sp³-hybridized carbons (Fsp3) is 0.538. The van der Waals surface area contributed by atoms with Gasteiger partial charge in [0.2, 0.25) is 5.91 Å². The molecular weight excluding hydrogens is 398 g/mol. The third-order valence-corrected chi connectivity index (χ3v) is 6.70. The number of rotatable bonds is 8. The van der Waals surface area contributed by atoms with Crippen LogP contribution >= 0.6 is 0 Å². The molecule has 2 aliphatic rings. The first-order valence-electron chi connectivity index (χ1n) is 12.2. The summed E-state index contributed by atoms with van der Waals surface area (Å²) in [6.45, 7) is 10.2. The van der Waals surface area contributed by atoms with Crippen LogP contribution in [0.2, 0.25) is 0 Å². The van der Waals surface area contributed by atoms with Crippen LogP contribution in [0.3, 0.4) is 0 Å². The van der Waals surface area contributed by atoms with E-state index in [-0.39, 0.29) is 5.91 Å². The molecule has 0 bridgehead atoms. The molecule has 2 aromatic rings. The number of likely N-dealkylation sites (tertiary alicyclic amines) is 1. The minimum atomic E-state index is 0.277. The highest BCUT2D eigenvalue weighted by atomic mass is 16.2. The molecule has 0 radical (unpaired) electrons. The Morgan fingerprint density at radius 1 is 1.03 bits per heavy atom. The molecule has 1 unspecified atom stereocenters. The molecule has 3 heterocycles. The highest BCUT2D eigenvalue weighted by molar-refractivity contribution is 5.78. The molecule has 2 fully saturated rings. The van der Waals surface area contributed by atoms with E-state index in [0.717, 1.165) is 64.6 Å². The average molecular weight is 436 g/mol. The Bertz CT molecular complexity index is 823. The Labute approximate surface area is 192 Å². The number of nitrogens with zero attached hydrogens (tertiary/aromatic N) is 5. The normalized spacial score (nSPS) is 20.0. The molecule has 6 heteroatoms. The number of aromatic nitrogens is 1. The zero-order chi connectivity index (χ0) is 22.2. The number of carbonyl (C=O) groups excluding carboxylic acids is 1. The molecule has 1 atom stereocenters. The van der Waals surface area contributed by atoms with Gasteiger partial charge in [-0.25, -0.2) is 4.98 Å².